The van der Waals surface area contributed by atoms with Gasteiger partial charge in [-0.1, -0.05) is 29.8 Å². The molecule has 3 rings (SSSR count). The number of halogens is 1. The fraction of sp³-hybridized carbons (Fsp3) is 0.278. The molecule has 2 aromatic carbocycles. The molecule has 0 aliphatic carbocycles. The maximum Gasteiger partial charge on any atom is 0.244 e. The lowest BCUT2D eigenvalue weighted by Crippen LogP contribution is -2.37. The molecule has 0 aromatic heterocycles. The normalized spacial score (nSPS) is 16.1. The van der Waals surface area contributed by atoms with Gasteiger partial charge in [-0.2, -0.15) is 0 Å². The Morgan fingerprint density at radius 3 is 2.91 bits per heavy atom. The minimum absolute atomic E-state index is 0.0888. The van der Waals surface area contributed by atoms with Crippen molar-refractivity contribution < 1.29 is 9.53 Å². The van der Waals surface area contributed by atoms with Gasteiger partial charge in [-0.25, -0.2) is 0 Å². The molecule has 0 bridgehead atoms. The van der Waals surface area contributed by atoms with Gasteiger partial charge in [-0.3, -0.25) is 4.79 Å². The minimum Gasteiger partial charge on any atom is -0.495 e. The summed E-state index contributed by atoms with van der Waals surface area (Å²) in [5, 5.41) is 3.45. The largest absolute Gasteiger partial charge is 0.495 e. The first-order valence-electron chi connectivity index (χ1n) is 7.56. The maximum absolute atomic E-state index is 12.5. The van der Waals surface area contributed by atoms with Crippen LogP contribution in [-0.2, 0) is 11.2 Å². The van der Waals surface area contributed by atoms with Crippen LogP contribution in [0, 0.1) is 0 Å². The molecule has 1 heterocycles. The van der Waals surface area contributed by atoms with E-state index < -0.39 is 0 Å². The molecule has 120 valence electrons. The Bertz CT molecular complexity index is 733. The van der Waals surface area contributed by atoms with Crippen LogP contribution in [0.2, 0.25) is 5.02 Å². The summed E-state index contributed by atoms with van der Waals surface area (Å²) in [5.41, 5.74) is 3.01. The average Bonchev–Trinajstić information content (AvgIpc) is 2.83. The minimum atomic E-state index is -0.0888. The molecule has 23 heavy (non-hydrogen) atoms. The predicted molar refractivity (Wildman–Crippen MR) is 93.6 cm³/mol. The summed E-state index contributed by atoms with van der Waals surface area (Å²) in [6.07, 6.45) is 0.962. The van der Waals surface area contributed by atoms with Crippen molar-refractivity contribution in [1.29, 1.82) is 0 Å². The van der Waals surface area contributed by atoms with Gasteiger partial charge in [0.25, 0.3) is 0 Å². The van der Waals surface area contributed by atoms with Crippen LogP contribution >= 0.6 is 11.6 Å². The smallest absolute Gasteiger partial charge is 0.244 e. The number of nitrogens with one attached hydrogen (secondary N) is 1. The molecule has 1 atom stereocenters. The van der Waals surface area contributed by atoms with Gasteiger partial charge in [-0.15, -0.1) is 0 Å². The van der Waals surface area contributed by atoms with Gasteiger partial charge >= 0.3 is 0 Å². The molecule has 0 spiro atoms. The number of anilines is 2. The van der Waals surface area contributed by atoms with E-state index >= 15 is 0 Å². The number of methoxy groups -OCH3 is 1. The second kappa shape index (κ2) is 6.50. The summed E-state index contributed by atoms with van der Waals surface area (Å²) in [7, 11) is 1.57. The van der Waals surface area contributed by atoms with Crippen LogP contribution in [0.15, 0.2) is 42.5 Å². The average molecular weight is 331 g/mol. The Morgan fingerprint density at radius 2 is 2.13 bits per heavy atom. The second-order valence-corrected chi connectivity index (χ2v) is 6.14. The molecule has 0 radical (unpaired) electrons. The third kappa shape index (κ3) is 3.27. The molecular weight excluding hydrogens is 312 g/mol. The number of carbonyl (C=O) groups is 1. The van der Waals surface area contributed by atoms with Crippen LogP contribution in [0.1, 0.15) is 12.5 Å². The zero-order chi connectivity index (χ0) is 16.4. The van der Waals surface area contributed by atoms with E-state index in [2.05, 4.69) is 29.3 Å². The van der Waals surface area contributed by atoms with Crippen molar-refractivity contribution in [1.82, 2.24) is 0 Å². The van der Waals surface area contributed by atoms with Crippen molar-refractivity contribution in [3.8, 4) is 5.75 Å². The molecule has 2 aromatic rings. The SMILES string of the molecule is COc1ccc(Cl)cc1NC(=O)CN1c2ccccc2C[C@H]1C. The van der Waals surface area contributed by atoms with Crippen LogP contribution in [-0.4, -0.2) is 25.6 Å². The number of hydrogen-bond acceptors (Lipinski definition) is 3. The van der Waals surface area contributed by atoms with Gasteiger partial charge in [0.15, 0.2) is 0 Å². The van der Waals surface area contributed by atoms with Gasteiger partial charge in [0.05, 0.1) is 19.3 Å². The summed E-state index contributed by atoms with van der Waals surface area (Å²) >= 11 is 6.00. The monoisotopic (exact) mass is 330 g/mol. The highest BCUT2D eigenvalue weighted by molar-refractivity contribution is 6.31. The molecule has 0 saturated heterocycles. The molecule has 0 saturated carbocycles. The van der Waals surface area contributed by atoms with Gasteiger partial charge in [0, 0.05) is 16.8 Å². The van der Waals surface area contributed by atoms with Gasteiger partial charge in [-0.05, 0) is 43.2 Å². The number of carbonyl (C=O) groups excluding carboxylic acids is 1. The Morgan fingerprint density at radius 1 is 1.35 bits per heavy atom. The highest BCUT2D eigenvalue weighted by atomic mass is 35.5. The Kier molecular flexibility index (Phi) is 4.44. The number of para-hydroxylation sites is 1. The first kappa shape index (κ1) is 15.7. The molecule has 4 nitrogen and oxygen atoms in total. The fourth-order valence-corrected chi connectivity index (χ4v) is 3.16. The van der Waals surface area contributed by atoms with Gasteiger partial charge in [0.1, 0.15) is 5.75 Å². The zero-order valence-electron chi connectivity index (χ0n) is 13.2. The quantitative estimate of drug-likeness (QED) is 0.928. The lowest BCUT2D eigenvalue weighted by molar-refractivity contribution is -0.115. The number of nitrogens with zero attached hydrogens (tertiary/aromatic N) is 1. The molecule has 5 heteroatoms. The third-order valence-corrected chi connectivity index (χ3v) is 4.33. The molecular formula is C18H19ClN2O2. The van der Waals surface area contributed by atoms with Crippen LogP contribution in [0.25, 0.3) is 0 Å². The highest BCUT2D eigenvalue weighted by Gasteiger charge is 2.27. The van der Waals surface area contributed by atoms with Gasteiger partial charge in [0.2, 0.25) is 5.91 Å². The summed E-state index contributed by atoms with van der Waals surface area (Å²) in [4.78, 5) is 14.6. The summed E-state index contributed by atoms with van der Waals surface area (Å²) in [6.45, 7) is 2.43. The number of benzene rings is 2. The summed E-state index contributed by atoms with van der Waals surface area (Å²) in [5.74, 6) is 0.506. The fourth-order valence-electron chi connectivity index (χ4n) is 2.99. The molecule has 0 unspecified atom stereocenters. The van der Waals surface area contributed by atoms with E-state index in [-0.39, 0.29) is 5.91 Å². The van der Waals surface area contributed by atoms with Crippen molar-refractivity contribution in [2.24, 2.45) is 0 Å². The summed E-state index contributed by atoms with van der Waals surface area (Å²) < 4.78 is 5.26. The van der Waals surface area contributed by atoms with E-state index in [1.54, 1.807) is 25.3 Å². The lowest BCUT2D eigenvalue weighted by atomic mass is 10.1. The van der Waals surface area contributed by atoms with Crippen molar-refractivity contribution >= 4 is 28.9 Å². The van der Waals surface area contributed by atoms with Crippen LogP contribution in [0.3, 0.4) is 0 Å². The zero-order valence-corrected chi connectivity index (χ0v) is 13.9. The first-order valence-corrected chi connectivity index (χ1v) is 7.94. The number of fused-ring (bicyclic) bond motifs is 1. The Labute approximate surface area is 141 Å². The number of ether oxygens (including phenoxy) is 1. The van der Waals surface area contributed by atoms with E-state index in [1.165, 1.54) is 5.56 Å². The molecule has 1 amide bonds. The standard InChI is InChI=1S/C18H19ClN2O2/c1-12-9-13-5-3-4-6-16(13)21(12)11-18(22)20-15-10-14(19)7-8-17(15)23-2/h3-8,10,12H,9,11H2,1-2H3,(H,20,22)/t12-/m1/s1. The number of hydrogen-bond donors (Lipinski definition) is 1. The van der Waals surface area contributed by atoms with Crippen LogP contribution in [0.4, 0.5) is 11.4 Å². The topological polar surface area (TPSA) is 41.6 Å². The van der Waals surface area contributed by atoms with Crippen LogP contribution < -0.4 is 15.0 Å². The predicted octanol–water partition coefficient (Wildman–Crippen LogP) is 3.74. The highest BCUT2D eigenvalue weighted by Crippen LogP contribution is 2.32. The first-order chi connectivity index (χ1) is 11.1. The van der Waals surface area contributed by atoms with Crippen molar-refractivity contribution in [3.63, 3.8) is 0 Å². The summed E-state index contributed by atoms with van der Waals surface area (Å²) in [6, 6.07) is 13.7. The van der Waals surface area contributed by atoms with E-state index in [9.17, 15) is 4.79 Å². The number of amides is 1. The molecule has 1 aliphatic rings. The van der Waals surface area contributed by atoms with Crippen molar-refractivity contribution in [3.05, 3.63) is 53.1 Å². The van der Waals surface area contributed by atoms with E-state index in [4.69, 9.17) is 16.3 Å². The number of rotatable bonds is 4. The maximum atomic E-state index is 12.5. The molecule has 1 N–H and O–H groups in total. The third-order valence-electron chi connectivity index (χ3n) is 4.10. The lowest BCUT2D eigenvalue weighted by Gasteiger charge is -2.24. The Balaban J connectivity index is 1.74. The molecule has 1 aliphatic heterocycles. The second-order valence-electron chi connectivity index (χ2n) is 5.70. The van der Waals surface area contributed by atoms with Crippen LogP contribution in [0.5, 0.6) is 5.75 Å². The van der Waals surface area contributed by atoms with Crippen molar-refractivity contribution in [2.75, 3.05) is 23.9 Å². The van der Waals surface area contributed by atoms with Gasteiger partial charge < -0.3 is 15.0 Å². The van der Waals surface area contributed by atoms with E-state index in [1.807, 2.05) is 12.1 Å². The molecule has 0 fully saturated rings. The van der Waals surface area contributed by atoms with E-state index in [0.29, 0.717) is 29.0 Å². The Hall–Kier alpha value is -2.20. The van der Waals surface area contributed by atoms with E-state index in [0.717, 1.165) is 12.1 Å². The van der Waals surface area contributed by atoms with Crippen molar-refractivity contribution in [2.45, 2.75) is 19.4 Å².